The van der Waals surface area contributed by atoms with Crippen LogP contribution in [0.4, 0.5) is 0 Å². The number of carbonyl (C=O) groups excluding carboxylic acids is 1. The molecule has 0 bridgehead atoms. The maximum Gasteiger partial charge on any atom is 0.300 e. The lowest BCUT2D eigenvalue weighted by Gasteiger charge is -2.24. The molecule has 1 aromatic rings. The lowest BCUT2D eigenvalue weighted by Crippen LogP contribution is -2.42. The third-order valence-electron chi connectivity index (χ3n) is 4.29. The van der Waals surface area contributed by atoms with Crippen molar-refractivity contribution in [2.24, 2.45) is 5.73 Å². The molecule has 2 rings (SSSR count). The van der Waals surface area contributed by atoms with Gasteiger partial charge < -0.3 is 14.7 Å². The zero-order valence-electron chi connectivity index (χ0n) is 13.9. The van der Waals surface area contributed by atoms with Gasteiger partial charge in [-0.15, -0.1) is 0 Å². The number of hydrogen-bond donors (Lipinski definition) is 1. The minimum Gasteiger partial charge on any atom is -0.467 e. The molecule has 0 unspecified atom stereocenters. The number of halogens is 1. The minimum atomic E-state index is -4.06. The molecule has 0 saturated carbocycles. The van der Waals surface area contributed by atoms with Gasteiger partial charge in [0.25, 0.3) is 10.1 Å². The molecule has 0 aliphatic carbocycles. The highest BCUT2D eigenvalue weighted by atomic mass is 35.5. The summed E-state index contributed by atoms with van der Waals surface area (Å²) in [6.45, 7) is 1.71. The largest absolute Gasteiger partial charge is 0.467 e. The zero-order valence-corrected chi connectivity index (χ0v) is 15.5. The Hall–Kier alpha value is -1.54. The number of rotatable bonds is 5. The van der Waals surface area contributed by atoms with Crippen LogP contribution in [0, 0.1) is 0 Å². The third kappa shape index (κ3) is 3.04. The monoisotopic (exact) mass is 367 g/mol. The topological polar surface area (TPSA) is 95.7 Å². The number of ether oxygens (including phenoxy) is 1. The third-order valence-corrected chi connectivity index (χ3v) is 6.57. The first-order valence-corrected chi connectivity index (χ1v) is 9.17. The summed E-state index contributed by atoms with van der Waals surface area (Å²) in [5, 5.41) is 0.498. The Balaban J connectivity index is 2.36. The van der Waals surface area contributed by atoms with Gasteiger partial charge in [-0.2, -0.15) is 8.42 Å². The SMILES string of the molecule is BC(B)(CC)S(=O)(=O)OC1=C(N)O[C@@](B)(c2ccc(Cl)cc2)C1=O. The number of hydrogen-bond acceptors (Lipinski definition) is 6. The highest BCUT2D eigenvalue weighted by Gasteiger charge is 2.50. The molecule has 1 aliphatic heterocycles. The van der Waals surface area contributed by atoms with Crippen molar-refractivity contribution in [3.63, 3.8) is 0 Å². The zero-order chi connectivity index (χ0) is 18.3. The molecule has 6 nitrogen and oxygen atoms in total. The van der Waals surface area contributed by atoms with Crippen LogP contribution in [0.2, 0.25) is 5.02 Å². The van der Waals surface area contributed by atoms with E-state index in [9.17, 15) is 13.2 Å². The van der Waals surface area contributed by atoms with Crippen LogP contribution in [0.1, 0.15) is 18.9 Å². The van der Waals surface area contributed by atoms with Crippen LogP contribution in [0.15, 0.2) is 35.9 Å². The fraction of sp³-hybridized carbons (Fsp3) is 0.308. The summed E-state index contributed by atoms with van der Waals surface area (Å²) in [6, 6.07) is 6.43. The van der Waals surface area contributed by atoms with Gasteiger partial charge in [0.1, 0.15) is 15.7 Å². The van der Waals surface area contributed by atoms with Crippen molar-refractivity contribution in [3.8, 4) is 0 Å². The number of nitrogens with two attached hydrogens (primary N) is 1. The van der Waals surface area contributed by atoms with E-state index in [1.165, 1.54) is 23.5 Å². The molecule has 0 amide bonds. The molecule has 1 atom stereocenters. The number of carbonyl (C=O) groups is 1. The first kappa shape index (κ1) is 18.8. The maximum atomic E-state index is 12.7. The first-order chi connectivity index (χ1) is 10.9. The van der Waals surface area contributed by atoms with Gasteiger partial charge in [-0.1, -0.05) is 30.7 Å². The van der Waals surface area contributed by atoms with Gasteiger partial charge in [0, 0.05) is 9.57 Å². The van der Waals surface area contributed by atoms with Crippen molar-refractivity contribution in [2.75, 3.05) is 0 Å². The highest BCUT2D eigenvalue weighted by molar-refractivity contribution is 7.91. The second-order valence-corrected chi connectivity index (χ2v) is 8.93. The summed E-state index contributed by atoms with van der Waals surface area (Å²) < 4.78 is 34.1. The standard InChI is InChI=1S/C13H17B3ClNO5S/c1-2-12(14,15)24(20,21)23-9-10(19)13(16,22-11(9)18)7-3-5-8(17)6-4-7/h3-6H,2,14-16,18H2,1H3/t13-/m0/s1. The quantitative estimate of drug-likeness (QED) is 0.504. The summed E-state index contributed by atoms with van der Waals surface area (Å²) in [4.78, 5) is 12.7. The average molecular weight is 367 g/mol. The molecular weight excluding hydrogens is 350 g/mol. The Bertz CT molecular complexity index is 809. The van der Waals surface area contributed by atoms with Crippen molar-refractivity contribution in [1.82, 2.24) is 0 Å². The normalized spacial score (nSPS) is 21.7. The van der Waals surface area contributed by atoms with Crippen LogP contribution in [-0.2, 0) is 29.3 Å². The first-order valence-electron chi connectivity index (χ1n) is 7.38. The van der Waals surface area contributed by atoms with E-state index in [0.29, 0.717) is 17.0 Å². The molecule has 0 saturated heterocycles. The number of Topliss-reactive ketones (excluding diaryl/α,β-unsaturated/α-hetero) is 1. The van der Waals surface area contributed by atoms with Crippen molar-refractivity contribution in [3.05, 3.63) is 46.5 Å². The van der Waals surface area contributed by atoms with Crippen molar-refractivity contribution < 1.29 is 22.1 Å². The van der Waals surface area contributed by atoms with Crippen LogP contribution in [0.5, 0.6) is 0 Å². The predicted molar refractivity (Wildman–Crippen MR) is 99.1 cm³/mol. The number of ketones is 1. The van der Waals surface area contributed by atoms with Gasteiger partial charge in [0.05, 0.1) is 0 Å². The Morgan fingerprint density at radius 2 is 1.88 bits per heavy atom. The summed E-state index contributed by atoms with van der Waals surface area (Å²) in [6.07, 6.45) is 0.312. The minimum absolute atomic E-state index is 0.312. The van der Waals surface area contributed by atoms with Gasteiger partial charge in [0.15, 0.2) is 13.3 Å². The average Bonchev–Trinajstić information content (AvgIpc) is 2.72. The van der Waals surface area contributed by atoms with Crippen molar-refractivity contribution >= 4 is 51.0 Å². The molecule has 0 spiro atoms. The molecule has 126 valence electrons. The van der Waals surface area contributed by atoms with E-state index >= 15 is 0 Å². The summed E-state index contributed by atoms with van der Waals surface area (Å²) >= 11 is 5.85. The second-order valence-electron chi connectivity index (χ2n) is 6.32. The van der Waals surface area contributed by atoms with E-state index in [-0.39, 0.29) is 5.88 Å². The van der Waals surface area contributed by atoms with E-state index in [1.807, 2.05) is 0 Å². The summed E-state index contributed by atoms with van der Waals surface area (Å²) in [5.74, 6) is -1.50. The van der Waals surface area contributed by atoms with Crippen LogP contribution in [-0.4, -0.2) is 42.3 Å². The van der Waals surface area contributed by atoms with Gasteiger partial charge in [-0.3, -0.25) is 4.79 Å². The smallest absolute Gasteiger partial charge is 0.300 e. The molecule has 0 fully saturated rings. The van der Waals surface area contributed by atoms with Gasteiger partial charge in [-0.25, -0.2) is 0 Å². The molecular formula is C13H17B3ClNO5S. The van der Waals surface area contributed by atoms with E-state index in [2.05, 4.69) is 0 Å². The lowest BCUT2D eigenvalue weighted by molar-refractivity contribution is -0.126. The fourth-order valence-electron chi connectivity index (χ4n) is 2.08. The Labute approximate surface area is 149 Å². The van der Waals surface area contributed by atoms with Crippen molar-refractivity contribution in [1.29, 1.82) is 0 Å². The molecule has 1 aliphatic rings. The summed E-state index contributed by atoms with van der Waals surface area (Å²) in [5.41, 5.74) is 4.75. The molecule has 0 radical (unpaired) electrons. The molecule has 1 aromatic carbocycles. The lowest BCUT2D eigenvalue weighted by atomic mass is 9.68. The van der Waals surface area contributed by atoms with E-state index in [1.54, 1.807) is 31.2 Å². The van der Waals surface area contributed by atoms with Gasteiger partial charge in [0.2, 0.25) is 17.4 Å². The highest BCUT2D eigenvalue weighted by Crippen LogP contribution is 2.37. The second kappa shape index (κ2) is 6.08. The fourth-order valence-corrected chi connectivity index (χ4v) is 3.16. The molecule has 24 heavy (non-hydrogen) atoms. The van der Waals surface area contributed by atoms with Crippen LogP contribution < -0.4 is 5.73 Å². The van der Waals surface area contributed by atoms with Gasteiger partial charge >= 0.3 is 0 Å². The van der Waals surface area contributed by atoms with Crippen LogP contribution in [0.25, 0.3) is 0 Å². The van der Waals surface area contributed by atoms with E-state index in [4.69, 9.17) is 26.3 Å². The van der Waals surface area contributed by atoms with Crippen molar-refractivity contribution in [2.45, 2.75) is 23.4 Å². The maximum absolute atomic E-state index is 12.7. The Morgan fingerprint density at radius 1 is 1.33 bits per heavy atom. The number of benzene rings is 1. The Morgan fingerprint density at radius 3 is 2.38 bits per heavy atom. The Kier molecular flexibility index (Phi) is 4.76. The molecule has 2 N–H and O–H groups in total. The molecule has 11 heteroatoms. The molecule has 1 heterocycles. The van der Waals surface area contributed by atoms with Crippen LogP contribution in [0.3, 0.4) is 0 Å². The predicted octanol–water partition coefficient (Wildman–Crippen LogP) is -1.47. The van der Waals surface area contributed by atoms with E-state index < -0.39 is 31.7 Å². The molecule has 0 aromatic heterocycles. The van der Waals surface area contributed by atoms with Crippen LogP contribution >= 0.6 is 11.6 Å². The summed E-state index contributed by atoms with van der Waals surface area (Å²) in [7, 11) is 0.465. The van der Waals surface area contributed by atoms with Gasteiger partial charge in [-0.05, 0) is 24.1 Å². The van der Waals surface area contributed by atoms with E-state index in [0.717, 1.165) is 0 Å².